The van der Waals surface area contributed by atoms with E-state index in [9.17, 15) is 4.79 Å². The van der Waals surface area contributed by atoms with Gasteiger partial charge in [0.2, 0.25) is 5.91 Å². The Balaban J connectivity index is 2.32. The molecule has 0 atom stereocenters. The van der Waals surface area contributed by atoms with Crippen molar-refractivity contribution in [2.75, 3.05) is 6.54 Å². The maximum absolute atomic E-state index is 11.3. The zero-order valence-electron chi connectivity index (χ0n) is 10.8. The molecule has 18 heavy (non-hydrogen) atoms. The molecule has 5 nitrogen and oxygen atoms in total. The van der Waals surface area contributed by atoms with E-state index in [4.69, 9.17) is 5.73 Å². The molecule has 0 heterocycles. The van der Waals surface area contributed by atoms with Crippen molar-refractivity contribution in [3.63, 3.8) is 0 Å². The zero-order valence-corrected chi connectivity index (χ0v) is 10.8. The monoisotopic (exact) mass is 248 g/mol. The summed E-state index contributed by atoms with van der Waals surface area (Å²) in [6.45, 7) is 4.46. The lowest BCUT2D eigenvalue weighted by molar-refractivity contribution is -0.120. The van der Waals surface area contributed by atoms with Gasteiger partial charge in [0.25, 0.3) is 0 Å². The average molecular weight is 248 g/mol. The molecule has 0 saturated heterocycles. The Bertz CT molecular complexity index is 401. The molecule has 0 aliphatic carbocycles. The van der Waals surface area contributed by atoms with Gasteiger partial charge < -0.3 is 16.4 Å². The highest BCUT2D eigenvalue weighted by Crippen LogP contribution is 1.99. The third-order valence-electron chi connectivity index (χ3n) is 2.15. The first-order chi connectivity index (χ1) is 8.58. The van der Waals surface area contributed by atoms with Crippen LogP contribution in [-0.2, 0) is 11.3 Å². The number of hydrogen-bond acceptors (Lipinski definition) is 2. The van der Waals surface area contributed by atoms with E-state index in [1.807, 2.05) is 44.2 Å². The Hall–Kier alpha value is -2.04. The second-order valence-electron chi connectivity index (χ2n) is 4.26. The predicted molar refractivity (Wildman–Crippen MR) is 73.0 cm³/mol. The number of hydrogen-bond donors (Lipinski definition) is 3. The van der Waals surface area contributed by atoms with Crippen molar-refractivity contribution in [3.8, 4) is 0 Å². The Morgan fingerprint density at radius 2 is 2.00 bits per heavy atom. The van der Waals surface area contributed by atoms with Gasteiger partial charge in [0.1, 0.15) is 0 Å². The summed E-state index contributed by atoms with van der Waals surface area (Å²) in [5.41, 5.74) is 6.74. The molecule has 98 valence electrons. The Labute approximate surface area is 107 Å². The number of carbonyl (C=O) groups is 1. The van der Waals surface area contributed by atoms with Crippen molar-refractivity contribution < 1.29 is 4.79 Å². The molecule has 0 aliphatic rings. The Kier molecular flexibility index (Phi) is 5.70. The van der Waals surface area contributed by atoms with E-state index in [0.29, 0.717) is 6.54 Å². The predicted octanol–water partition coefficient (Wildman–Crippen LogP) is 0.616. The fraction of sp³-hybridized carbons (Fsp3) is 0.385. The quantitative estimate of drug-likeness (QED) is 0.528. The SMILES string of the molecule is CC(C)NC(=O)CNC(N)=NCc1ccccc1. The van der Waals surface area contributed by atoms with Crippen molar-refractivity contribution in [2.24, 2.45) is 10.7 Å². The van der Waals surface area contributed by atoms with Crippen molar-refractivity contribution in [1.29, 1.82) is 0 Å². The van der Waals surface area contributed by atoms with Crippen LogP contribution in [0.25, 0.3) is 0 Å². The van der Waals surface area contributed by atoms with Crippen LogP contribution in [0.5, 0.6) is 0 Å². The molecule has 0 unspecified atom stereocenters. The van der Waals surface area contributed by atoms with Gasteiger partial charge in [-0.15, -0.1) is 0 Å². The Morgan fingerprint density at radius 3 is 2.61 bits per heavy atom. The number of guanidine groups is 1. The van der Waals surface area contributed by atoms with Crippen LogP contribution in [0.1, 0.15) is 19.4 Å². The van der Waals surface area contributed by atoms with Crippen LogP contribution in [-0.4, -0.2) is 24.5 Å². The first-order valence-corrected chi connectivity index (χ1v) is 5.95. The minimum atomic E-state index is -0.0946. The number of rotatable bonds is 5. The molecule has 0 fully saturated rings. The molecular weight excluding hydrogens is 228 g/mol. The molecule has 0 radical (unpaired) electrons. The van der Waals surface area contributed by atoms with Crippen molar-refractivity contribution >= 4 is 11.9 Å². The average Bonchev–Trinajstić information content (AvgIpc) is 2.34. The summed E-state index contributed by atoms with van der Waals surface area (Å²) in [5, 5.41) is 5.53. The van der Waals surface area contributed by atoms with E-state index in [2.05, 4.69) is 15.6 Å². The number of carbonyl (C=O) groups excluding carboxylic acids is 1. The molecule has 1 rings (SSSR count). The normalized spacial score (nSPS) is 11.4. The number of nitrogens with one attached hydrogen (secondary N) is 2. The lowest BCUT2D eigenvalue weighted by atomic mass is 10.2. The lowest BCUT2D eigenvalue weighted by Crippen LogP contribution is -2.42. The summed E-state index contributed by atoms with van der Waals surface area (Å²) in [4.78, 5) is 15.5. The Morgan fingerprint density at radius 1 is 1.33 bits per heavy atom. The van der Waals surface area contributed by atoms with E-state index in [1.54, 1.807) is 0 Å². The summed E-state index contributed by atoms with van der Waals surface area (Å²) < 4.78 is 0. The number of nitrogens with zero attached hydrogens (tertiary/aromatic N) is 1. The second kappa shape index (κ2) is 7.32. The van der Waals surface area contributed by atoms with E-state index in [0.717, 1.165) is 5.56 Å². The number of benzene rings is 1. The summed E-state index contributed by atoms with van der Waals surface area (Å²) in [6, 6.07) is 9.92. The van der Waals surface area contributed by atoms with Crippen LogP contribution in [0.15, 0.2) is 35.3 Å². The fourth-order valence-corrected chi connectivity index (χ4v) is 1.36. The number of amides is 1. The highest BCUT2D eigenvalue weighted by molar-refractivity contribution is 5.85. The molecule has 0 bridgehead atoms. The van der Waals surface area contributed by atoms with Gasteiger partial charge >= 0.3 is 0 Å². The van der Waals surface area contributed by atoms with Gasteiger partial charge in [-0.3, -0.25) is 4.79 Å². The van der Waals surface area contributed by atoms with E-state index < -0.39 is 0 Å². The van der Waals surface area contributed by atoms with Gasteiger partial charge in [-0.05, 0) is 19.4 Å². The van der Waals surface area contributed by atoms with Gasteiger partial charge in [0.05, 0.1) is 13.1 Å². The third kappa shape index (κ3) is 5.89. The molecule has 1 amide bonds. The lowest BCUT2D eigenvalue weighted by Gasteiger charge is -2.09. The van der Waals surface area contributed by atoms with Gasteiger partial charge in [0.15, 0.2) is 5.96 Å². The summed E-state index contributed by atoms with van der Waals surface area (Å²) in [6.07, 6.45) is 0. The van der Waals surface area contributed by atoms with Crippen molar-refractivity contribution in [3.05, 3.63) is 35.9 Å². The summed E-state index contributed by atoms with van der Waals surface area (Å²) in [7, 11) is 0. The molecule has 4 N–H and O–H groups in total. The van der Waals surface area contributed by atoms with Gasteiger partial charge in [-0.2, -0.15) is 0 Å². The minimum absolute atomic E-state index is 0.0946. The second-order valence-corrected chi connectivity index (χ2v) is 4.26. The fourth-order valence-electron chi connectivity index (χ4n) is 1.36. The highest BCUT2D eigenvalue weighted by Gasteiger charge is 2.02. The largest absolute Gasteiger partial charge is 0.370 e. The standard InChI is InChI=1S/C13H20N4O/c1-10(2)17-12(18)9-16-13(14)15-8-11-6-4-3-5-7-11/h3-7,10H,8-9H2,1-2H3,(H,17,18)(H3,14,15,16). The van der Waals surface area contributed by atoms with E-state index in [1.165, 1.54) is 0 Å². The van der Waals surface area contributed by atoms with Gasteiger partial charge in [-0.25, -0.2) is 4.99 Å². The number of nitrogens with two attached hydrogens (primary N) is 1. The van der Waals surface area contributed by atoms with Crippen LogP contribution in [0, 0.1) is 0 Å². The maximum Gasteiger partial charge on any atom is 0.239 e. The first kappa shape index (κ1) is 14.0. The molecule has 0 aliphatic heterocycles. The van der Waals surface area contributed by atoms with Gasteiger partial charge in [-0.1, -0.05) is 30.3 Å². The molecule has 5 heteroatoms. The van der Waals surface area contributed by atoms with Crippen LogP contribution >= 0.6 is 0 Å². The van der Waals surface area contributed by atoms with Crippen LogP contribution in [0.4, 0.5) is 0 Å². The summed E-state index contributed by atoms with van der Waals surface area (Å²) >= 11 is 0. The van der Waals surface area contributed by atoms with Crippen molar-refractivity contribution in [2.45, 2.75) is 26.4 Å². The minimum Gasteiger partial charge on any atom is -0.370 e. The maximum atomic E-state index is 11.3. The topological polar surface area (TPSA) is 79.5 Å². The smallest absolute Gasteiger partial charge is 0.239 e. The number of aliphatic imine (C=N–C) groups is 1. The van der Waals surface area contributed by atoms with Crippen LogP contribution < -0.4 is 16.4 Å². The molecule has 0 spiro atoms. The van der Waals surface area contributed by atoms with Gasteiger partial charge in [0, 0.05) is 6.04 Å². The zero-order chi connectivity index (χ0) is 13.4. The van der Waals surface area contributed by atoms with E-state index in [-0.39, 0.29) is 24.5 Å². The molecule has 1 aromatic rings. The molecular formula is C13H20N4O. The van der Waals surface area contributed by atoms with Crippen LogP contribution in [0.3, 0.4) is 0 Å². The molecule has 0 saturated carbocycles. The van der Waals surface area contributed by atoms with E-state index >= 15 is 0 Å². The molecule has 0 aromatic heterocycles. The summed E-state index contributed by atoms with van der Waals surface area (Å²) in [5.74, 6) is 0.181. The van der Waals surface area contributed by atoms with Crippen molar-refractivity contribution in [1.82, 2.24) is 10.6 Å². The first-order valence-electron chi connectivity index (χ1n) is 5.95. The van der Waals surface area contributed by atoms with Crippen LogP contribution in [0.2, 0.25) is 0 Å². The molecule has 1 aromatic carbocycles. The highest BCUT2D eigenvalue weighted by atomic mass is 16.1. The third-order valence-corrected chi connectivity index (χ3v) is 2.15.